The Morgan fingerprint density at radius 3 is 2.53 bits per heavy atom. The first-order valence-corrected chi connectivity index (χ1v) is 9.68. The van der Waals surface area contributed by atoms with E-state index in [4.69, 9.17) is 0 Å². The number of piperazine rings is 1. The molecule has 0 radical (unpaired) electrons. The van der Waals surface area contributed by atoms with E-state index in [2.05, 4.69) is 40.6 Å². The molecule has 1 fully saturated rings. The van der Waals surface area contributed by atoms with Crippen molar-refractivity contribution in [1.82, 2.24) is 35.7 Å². The topological polar surface area (TPSA) is 116 Å². The summed E-state index contributed by atoms with van der Waals surface area (Å²) in [4.78, 5) is 10.7. The molecule has 1 aromatic carbocycles. The molecule has 1 aliphatic rings. The van der Waals surface area contributed by atoms with Crippen molar-refractivity contribution in [3.63, 3.8) is 0 Å². The lowest BCUT2D eigenvalue weighted by molar-refractivity contribution is 0.465. The third-order valence-corrected chi connectivity index (χ3v) is 5.22. The largest absolute Gasteiger partial charge is 0.507 e. The molecule has 11 heteroatoms. The molecule has 5 rings (SSSR count). The van der Waals surface area contributed by atoms with Gasteiger partial charge in [-0.05, 0) is 35.4 Å². The van der Waals surface area contributed by atoms with Crippen molar-refractivity contribution >= 4 is 30.8 Å². The van der Waals surface area contributed by atoms with Gasteiger partial charge in [0.25, 0.3) is 0 Å². The van der Waals surface area contributed by atoms with Crippen molar-refractivity contribution in [3.8, 4) is 28.1 Å². The zero-order chi connectivity index (χ0) is 20.3. The summed E-state index contributed by atoms with van der Waals surface area (Å²) in [6.07, 6.45) is 8.73. The Morgan fingerprint density at radius 2 is 1.84 bits per heavy atom. The van der Waals surface area contributed by atoms with E-state index in [1.807, 2.05) is 24.3 Å². The van der Waals surface area contributed by atoms with Crippen LogP contribution in [0.15, 0.2) is 61.3 Å². The molecule has 0 aliphatic carbocycles. The van der Waals surface area contributed by atoms with Crippen molar-refractivity contribution in [2.75, 3.05) is 24.5 Å². The second-order valence-corrected chi connectivity index (χ2v) is 7.10. The molecule has 32 heavy (non-hydrogen) atoms. The predicted octanol–water partition coefficient (Wildman–Crippen LogP) is 3.02. The Balaban J connectivity index is 0.00000144. The van der Waals surface area contributed by atoms with Gasteiger partial charge in [-0.15, -0.1) is 35.0 Å². The molecule has 1 saturated heterocycles. The van der Waals surface area contributed by atoms with Gasteiger partial charge in [0.15, 0.2) is 0 Å². The quantitative estimate of drug-likeness (QED) is 0.414. The van der Waals surface area contributed by atoms with Crippen LogP contribution in [-0.4, -0.2) is 55.1 Å². The zero-order valence-corrected chi connectivity index (χ0v) is 18.6. The number of halogens is 2. The van der Waals surface area contributed by atoms with Crippen molar-refractivity contribution in [2.24, 2.45) is 0 Å². The van der Waals surface area contributed by atoms with Gasteiger partial charge in [0.1, 0.15) is 11.4 Å². The Labute approximate surface area is 197 Å². The number of aromatic hydroxyl groups is 1. The number of hydrogen-bond donors (Lipinski definition) is 3. The van der Waals surface area contributed by atoms with Crippen LogP contribution in [0.2, 0.25) is 0 Å². The van der Waals surface area contributed by atoms with Crippen LogP contribution in [0.25, 0.3) is 22.4 Å². The summed E-state index contributed by atoms with van der Waals surface area (Å²) in [5.74, 6) is 0.700. The summed E-state index contributed by atoms with van der Waals surface area (Å²) >= 11 is 0. The number of rotatable bonds is 4. The molecule has 3 N–H and O–H groups in total. The maximum absolute atomic E-state index is 10.5. The molecule has 0 bridgehead atoms. The maximum atomic E-state index is 10.5. The first kappa shape index (κ1) is 23.4. The van der Waals surface area contributed by atoms with Crippen molar-refractivity contribution in [1.29, 1.82) is 0 Å². The molecule has 1 atom stereocenters. The van der Waals surface area contributed by atoms with E-state index in [1.165, 1.54) is 5.56 Å². The Hall–Kier alpha value is -3.27. The molecule has 9 nitrogen and oxygen atoms in total. The van der Waals surface area contributed by atoms with Crippen molar-refractivity contribution < 1.29 is 5.11 Å². The fourth-order valence-electron chi connectivity index (χ4n) is 3.62. The third kappa shape index (κ3) is 4.80. The number of anilines is 1. The van der Waals surface area contributed by atoms with Gasteiger partial charge in [-0.1, -0.05) is 6.07 Å². The number of benzene rings is 1. The number of nitrogens with one attached hydrogen (secondary N) is 2. The van der Waals surface area contributed by atoms with Crippen LogP contribution in [0, 0.1) is 0 Å². The highest BCUT2D eigenvalue weighted by atomic mass is 35.5. The maximum Gasteiger partial charge on any atom is 0.245 e. The molecular weight excluding hydrogens is 451 g/mol. The lowest BCUT2D eigenvalue weighted by Gasteiger charge is -2.33. The van der Waals surface area contributed by atoms with E-state index in [0.717, 1.165) is 30.8 Å². The summed E-state index contributed by atoms with van der Waals surface area (Å²) < 4.78 is 0. The summed E-state index contributed by atoms with van der Waals surface area (Å²) in [7, 11) is 0. The number of pyridine rings is 1. The average Bonchev–Trinajstić information content (AvgIpc) is 3.35. The van der Waals surface area contributed by atoms with Gasteiger partial charge in [-0.3, -0.25) is 10.1 Å². The Morgan fingerprint density at radius 1 is 1.00 bits per heavy atom. The van der Waals surface area contributed by atoms with Crippen LogP contribution in [0.5, 0.6) is 5.75 Å². The summed E-state index contributed by atoms with van der Waals surface area (Å²) in [5.41, 5.74) is 4.06. The minimum atomic E-state index is 0. The van der Waals surface area contributed by atoms with Gasteiger partial charge < -0.3 is 15.3 Å². The first-order chi connectivity index (χ1) is 14.8. The van der Waals surface area contributed by atoms with Gasteiger partial charge in [0.2, 0.25) is 5.95 Å². The van der Waals surface area contributed by atoms with Gasteiger partial charge in [0, 0.05) is 49.4 Å². The number of aromatic nitrogens is 6. The van der Waals surface area contributed by atoms with Crippen LogP contribution < -0.4 is 10.2 Å². The fraction of sp³-hybridized carbons (Fsp3) is 0.190. The minimum absolute atomic E-state index is 0. The van der Waals surface area contributed by atoms with E-state index < -0.39 is 0 Å². The van der Waals surface area contributed by atoms with Crippen LogP contribution in [0.4, 0.5) is 5.95 Å². The monoisotopic (exact) mass is 472 g/mol. The Bertz CT molecular complexity index is 1130. The van der Waals surface area contributed by atoms with Gasteiger partial charge >= 0.3 is 0 Å². The van der Waals surface area contributed by atoms with Crippen LogP contribution in [0.1, 0.15) is 11.6 Å². The third-order valence-electron chi connectivity index (χ3n) is 5.22. The summed E-state index contributed by atoms with van der Waals surface area (Å²) in [6, 6.07) is 9.62. The predicted molar refractivity (Wildman–Crippen MR) is 126 cm³/mol. The van der Waals surface area contributed by atoms with Gasteiger partial charge in [0.05, 0.1) is 18.4 Å². The van der Waals surface area contributed by atoms with E-state index in [1.54, 1.807) is 37.1 Å². The molecule has 4 aromatic rings. The van der Waals surface area contributed by atoms with Crippen LogP contribution in [-0.2, 0) is 0 Å². The molecule has 0 saturated carbocycles. The molecule has 0 spiro atoms. The Kier molecular flexibility index (Phi) is 7.57. The molecule has 4 heterocycles. The number of hydrogen-bond acceptors (Lipinski definition) is 8. The van der Waals surface area contributed by atoms with Crippen LogP contribution >= 0.6 is 24.8 Å². The van der Waals surface area contributed by atoms with E-state index >= 15 is 0 Å². The van der Waals surface area contributed by atoms with Gasteiger partial charge in [-0.25, -0.2) is 4.98 Å². The second kappa shape index (κ2) is 10.4. The number of H-pyrrole nitrogens is 1. The second-order valence-electron chi connectivity index (χ2n) is 7.10. The zero-order valence-electron chi connectivity index (χ0n) is 16.9. The molecule has 166 valence electrons. The lowest BCUT2D eigenvalue weighted by atomic mass is 10.0. The smallest absolute Gasteiger partial charge is 0.245 e. The fourth-order valence-corrected chi connectivity index (χ4v) is 3.62. The minimum Gasteiger partial charge on any atom is -0.507 e. The summed E-state index contributed by atoms with van der Waals surface area (Å²) in [6.45, 7) is 2.37. The highest BCUT2D eigenvalue weighted by Crippen LogP contribution is 2.32. The highest BCUT2D eigenvalue weighted by molar-refractivity contribution is 5.85. The van der Waals surface area contributed by atoms with Gasteiger partial charge in [-0.2, -0.15) is 5.10 Å². The first-order valence-electron chi connectivity index (χ1n) is 9.68. The molecule has 0 amide bonds. The molecular formula is C21H22Cl2N8O. The van der Waals surface area contributed by atoms with Crippen molar-refractivity contribution in [3.05, 3.63) is 66.9 Å². The molecule has 1 unspecified atom stereocenters. The molecule has 1 aliphatic heterocycles. The number of aromatic amines is 1. The van der Waals surface area contributed by atoms with E-state index in [9.17, 15) is 5.11 Å². The van der Waals surface area contributed by atoms with E-state index in [0.29, 0.717) is 17.2 Å². The van der Waals surface area contributed by atoms with Crippen molar-refractivity contribution in [2.45, 2.75) is 6.04 Å². The number of nitrogens with zero attached hydrogens (tertiary/aromatic N) is 6. The summed E-state index contributed by atoms with van der Waals surface area (Å²) in [5, 5.41) is 29.3. The van der Waals surface area contributed by atoms with Crippen LogP contribution in [0.3, 0.4) is 0 Å². The SMILES string of the molecule is Cl.Cl.Oc1cc(-c2cn[nH]c2)ccc1-c1cnc(N2CCNC(c3ccncc3)C2)nn1. The normalized spacial score (nSPS) is 15.5. The molecule has 3 aromatic heterocycles. The number of phenolic OH excluding ortho intramolecular Hbond substituents is 1. The standard InChI is InChI=1S/C21H20N8O.2ClH/c30-20-9-15(16-10-25-26-11-16)1-2-17(20)18-12-24-21(28-27-18)29-8-7-23-19(13-29)14-3-5-22-6-4-14;;/h1-6,9-12,19,23,30H,7-8,13H2,(H,25,26);2*1H. The highest BCUT2D eigenvalue weighted by Gasteiger charge is 2.23. The lowest BCUT2D eigenvalue weighted by Crippen LogP contribution is -2.46. The average molecular weight is 473 g/mol. The van der Waals surface area contributed by atoms with E-state index in [-0.39, 0.29) is 36.6 Å². The number of phenols is 1.